The highest BCUT2D eigenvalue weighted by molar-refractivity contribution is 5.98. The van der Waals surface area contributed by atoms with E-state index < -0.39 is 6.04 Å². The van der Waals surface area contributed by atoms with Gasteiger partial charge in [-0.15, -0.1) is 0 Å². The summed E-state index contributed by atoms with van der Waals surface area (Å²) in [5, 5.41) is 2.85. The van der Waals surface area contributed by atoms with E-state index in [0.717, 1.165) is 11.1 Å². The van der Waals surface area contributed by atoms with Crippen molar-refractivity contribution in [3.63, 3.8) is 0 Å². The van der Waals surface area contributed by atoms with Crippen LogP contribution in [0.2, 0.25) is 0 Å². The van der Waals surface area contributed by atoms with Crippen LogP contribution in [0.5, 0.6) is 5.75 Å². The Labute approximate surface area is 141 Å². The quantitative estimate of drug-likeness (QED) is 0.942. The second-order valence-electron chi connectivity index (χ2n) is 5.83. The Kier molecular flexibility index (Phi) is 4.51. The number of amides is 2. The Morgan fingerprint density at radius 3 is 2.67 bits per heavy atom. The van der Waals surface area contributed by atoms with Gasteiger partial charge in [-0.3, -0.25) is 9.59 Å². The van der Waals surface area contributed by atoms with Crippen LogP contribution in [0, 0.1) is 6.92 Å². The average Bonchev–Trinajstić information content (AvgIpc) is 2.62. The number of piperazine rings is 1. The maximum Gasteiger partial charge on any atom is 0.255 e. The molecule has 1 heterocycles. The molecule has 0 bridgehead atoms. The first-order chi connectivity index (χ1) is 11.6. The molecule has 24 heavy (non-hydrogen) atoms. The number of ether oxygens (including phenoxy) is 1. The smallest absolute Gasteiger partial charge is 0.255 e. The molecule has 2 aromatic carbocycles. The summed E-state index contributed by atoms with van der Waals surface area (Å²) in [6, 6.07) is 14.1. The third-order valence-electron chi connectivity index (χ3n) is 4.18. The van der Waals surface area contributed by atoms with Gasteiger partial charge in [0.25, 0.3) is 5.91 Å². The lowest BCUT2D eigenvalue weighted by molar-refractivity contribution is -0.128. The summed E-state index contributed by atoms with van der Waals surface area (Å²) in [6.07, 6.45) is 0. The third-order valence-corrected chi connectivity index (χ3v) is 4.18. The molecule has 2 amide bonds. The van der Waals surface area contributed by atoms with Crippen LogP contribution >= 0.6 is 0 Å². The normalized spacial score (nSPS) is 17.3. The number of hydrogen-bond donors (Lipinski definition) is 1. The fourth-order valence-electron chi connectivity index (χ4n) is 2.89. The highest BCUT2D eigenvalue weighted by Gasteiger charge is 2.34. The number of rotatable bonds is 3. The summed E-state index contributed by atoms with van der Waals surface area (Å²) in [5.41, 5.74) is 2.44. The lowest BCUT2D eigenvalue weighted by atomic mass is 10.00. The average molecular weight is 324 g/mol. The highest BCUT2D eigenvalue weighted by atomic mass is 16.5. The van der Waals surface area contributed by atoms with Crippen molar-refractivity contribution in [1.29, 1.82) is 0 Å². The largest absolute Gasteiger partial charge is 0.497 e. The maximum atomic E-state index is 13.0. The molecular formula is C19H20N2O3. The van der Waals surface area contributed by atoms with Gasteiger partial charge in [0.05, 0.1) is 7.11 Å². The Hall–Kier alpha value is -2.82. The van der Waals surface area contributed by atoms with E-state index in [1.807, 2.05) is 31.2 Å². The number of nitrogens with zero attached hydrogens (tertiary/aromatic N) is 1. The zero-order valence-electron chi connectivity index (χ0n) is 13.8. The van der Waals surface area contributed by atoms with Crippen molar-refractivity contribution in [3.8, 4) is 5.75 Å². The first-order valence-electron chi connectivity index (χ1n) is 7.89. The second-order valence-corrected chi connectivity index (χ2v) is 5.83. The molecule has 1 unspecified atom stereocenters. The van der Waals surface area contributed by atoms with Gasteiger partial charge in [0, 0.05) is 18.7 Å². The van der Waals surface area contributed by atoms with Crippen molar-refractivity contribution in [3.05, 3.63) is 65.2 Å². The van der Waals surface area contributed by atoms with E-state index in [9.17, 15) is 9.59 Å². The van der Waals surface area contributed by atoms with Crippen LogP contribution in [0.1, 0.15) is 27.5 Å². The molecule has 0 spiro atoms. The standard InChI is InChI=1S/C19H20N2O3/c1-13-6-8-14(9-7-13)17-18(22)20-10-11-21(17)19(23)15-4-3-5-16(12-15)24-2/h3-9,12,17H,10-11H2,1-2H3,(H,20,22). The molecule has 1 aliphatic heterocycles. The molecule has 0 radical (unpaired) electrons. The molecule has 1 fully saturated rings. The van der Waals surface area contributed by atoms with Gasteiger partial charge >= 0.3 is 0 Å². The Morgan fingerprint density at radius 2 is 1.96 bits per heavy atom. The minimum absolute atomic E-state index is 0.152. The minimum Gasteiger partial charge on any atom is -0.497 e. The van der Waals surface area contributed by atoms with Gasteiger partial charge in [0.2, 0.25) is 5.91 Å². The summed E-state index contributed by atoms with van der Waals surface area (Å²) < 4.78 is 5.19. The van der Waals surface area contributed by atoms with Gasteiger partial charge in [-0.05, 0) is 30.7 Å². The molecule has 1 saturated heterocycles. The van der Waals surface area contributed by atoms with Crippen LogP contribution in [0.3, 0.4) is 0 Å². The predicted octanol–water partition coefficient (Wildman–Crippen LogP) is 2.32. The third kappa shape index (κ3) is 3.11. The Balaban J connectivity index is 1.95. The molecule has 0 saturated carbocycles. The van der Waals surface area contributed by atoms with E-state index in [0.29, 0.717) is 24.4 Å². The number of carbonyl (C=O) groups is 2. The molecule has 0 aliphatic carbocycles. The van der Waals surface area contributed by atoms with Crippen molar-refractivity contribution >= 4 is 11.8 Å². The molecule has 3 rings (SSSR count). The highest BCUT2D eigenvalue weighted by Crippen LogP contribution is 2.26. The van der Waals surface area contributed by atoms with Crippen LogP contribution in [0.25, 0.3) is 0 Å². The van der Waals surface area contributed by atoms with Crippen LogP contribution in [-0.2, 0) is 4.79 Å². The monoisotopic (exact) mass is 324 g/mol. The van der Waals surface area contributed by atoms with Gasteiger partial charge in [-0.2, -0.15) is 0 Å². The summed E-state index contributed by atoms with van der Waals surface area (Å²) in [5.74, 6) is 0.296. The van der Waals surface area contributed by atoms with Crippen molar-refractivity contribution in [2.24, 2.45) is 0 Å². The lowest BCUT2D eigenvalue weighted by Gasteiger charge is -2.35. The summed E-state index contributed by atoms with van der Waals surface area (Å²) in [4.78, 5) is 27.0. The molecule has 1 N–H and O–H groups in total. The summed E-state index contributed by atoms with van der Waals surface area (Å²) in [7, 11) is 1.56. The first kappa shape index (κ1) is 16.1. The fourth-order valence-corrected chi connectivity index (χ4v) is 2.89. The molecule has 5 heteroatoms. The molecule has 1 aliphatic rings. The number of hydrogen-bond acceptors (Lipinski definition) is 3. The van der Waals surface area contributed by atoms with Gasteiger partial charge in [-0.1, -0.05) is 35.9 Å². The maximum absolute atomic E-state index is 13.0. The molecule has 5 nitrogen and oxygen atoms in total. The van der Waals surface area contributed by atoms with Crippen LogP contribution < -0.4 is 10.1 Å². The lowest BCUT2D eigenvalue weighted by Crippen LogP contribution is -2.52. The summed E-state index contributed by atoms with van der Waals surface area (Å²) in [6.45, 7) is 2.92. The predicted molar refractivity (Wildman–Crippen MR) is 91.0 cm³/mol. The number of methoxy groups -OCH3 is 1. The number of nitrogens with one attached hydrogen (secondary N) is 1. The van der Waals surface area contributed by atoms with Crippen LogP contribution in [0.4, 0.5) is 0 Å². The van der Waals surface area contributed by atoms with Crippen molar-refractivity contribution < 1.29 is 14.3 Å². The van der Waals surface area contributed by atoms with E-state index in [-0.39, 0.29) is 11.8 Å². The fraction of sp³-hybridized carbons (Fsp3) is 0.263. The van der Waals surface area contributed by atoms with Gasteiger partial charge in [0.15, 0.2) is 0 Å². The minimum atomic E-state index is -0.613. The molecule has 0 aromatic heterocycles. The topological polar surface area (TPSA) is 58.6 Å². The van der Waals surface area contributed by atoms with E-state index >= 15 is 0 Å². The van der Waals surface area contributed by atoms with Gasteiger partial charge in [-0.25, -0.2) is 0 Å². The van der Waals surface area contributed by atoms with Crippen molar-refractivity contribution in [2.45, 2.75) is 13.0 Å². The molecular weight excluding hydrogens is 304 g/mol. The van der Waals surface area contributed by atoms with Gasteiger partial charge in [0.1, 0.15) is 11.8 Å². The molecule has 2 aromatic rings. The van der Waals surface area contributed by atoms with E-state index in [1.54, 1.807) is 36.3 Å². The number of benzene rings is 2. The number of aryl methyl sites for hydroxylation is 1. The SMILES string of the molecule is COc1cccc(C(=O)N2CCNC(=O)C2c2ccc(C)cc2)c1. The Bertz CT molecular complexity index is 755. The second kappa shape index (κ2) is 6.74. The Morgan fingerprint density at radius 1 is 1.21 bits per heavy atom. The molecule has 1 atom stereocenters. The first-order valence-corrected chi connectivity index (χ1v) is 7.89. The zero-order chi connectivity index (χ0) is 17.1. The van der Waals surface area contributed by atoms with Crippen molar-refractivity contribution in [1.82, 2.24) is 10.2 Å². The van der Waals surface area contributed by atoms with E-state index in [4.69, 9.17) is 4.74 Å². The van der Waals surface area contributed by atoms with E-state index in [2.05, 4.69) is 5.32 Å². The van der Waals surface area contributed by atoms with Crippen molar-refractivity contribution in [2.75, 3.05) is 20.2 Å². The zero-order valence-corrected chi connectivity index (χ0v) is 13.8. The summed E-state index contributed by atoms with van der Waals surface area (Å²) >= 11 is 0. The molecule has 124 valence electrons. The van der Waals surface area contributed by atoms with E-state index in [1.165, 1.54) is 0 Å². The van der Waals surface area contributed by atoms with Crippen LogP contribution in [-0.4, -0.2) is 36.9 Å². The number of carbonyl (C=O) groups excluding carboxylic acids is 2. The van der Waals surface area contributed by atoms with Gasteiger partial charge < -0.3 is 15.0 Å². The van der Waals surface area contributed by atoms with Crippen LogP contribution in [0.15, 0.2) is 48.5 Å².